The maximum Gasteiger partial charge on any atom is 0.245 e. The Morgan fingerprint density at radius 2 is 1.75 bits per heavy atom. The summed E-state index contributed by atoms with van der Waals surface area (Å²) in [6.07, 6.45) is 4.99. The van der Waals surface area contributed by atoms with Crippen LogP contribution in [-0.4, -0.2) is 49.7 Å². The Morgan fingerprint density at radius 3 is 2.45 bits per heavy atom. The zero-order valence-electron chi connectivity index (χ0n) is 22.9. The Labute approximate surface area is 232 Å². The normalized spacial score (nSPS) is 13.3. The van der Waals surface area contributed by atoms with Crippen LogP contribution in [0.5, 0.6) is 11.5 Å². The number of allylic oxidation sites excluding steroid dienone is 1. The number of rotatable bonds is 9. The van der Waals surface area contributed by atoms with Crippen molar-refractivity contribution in [2.75, 3.05) is 33.8 Å². The van der Waals surface area contributed by atoms with Crippen LogP contribution < -0.4 is 10.1 Å². The number of benzene rings is 3. The van der Waals surface area contributed by atoms with Crippen molar-refractivity contribution in [1.82, 2.24) is 10.2 Å². The lowest BCUT2D eigenvalue weighted by Gasteiger charge is -2.20. The molecular formula is C32H33F3N2O3. The molecule has 1 aliphatic carbocycles. The zero-order chi connectivity index (χ0) is 28.8. The molecule has 0 spiro atoms. The average molecular weight is 551 g/mol. The van der Waals surface area contributed by atoms with Crippen LogP contribution in [0.15, 0.2) is 60.7 Å². The van der Waals surface area contributed by atoms with E-state index in [4.69, 9.17) is 4.74 Å². The maximum absolute atomic E-state index is 15.7. The van der Waals surface area contributed by atoms with Gasteiger partial charge in [-0.15, -0.1) is 0 Å². The minimum absolute atomic E-state index is 0.0542. The second kappa shape index (κ2) is 12.9. The van der Waals surface area contributed by atoms with Gasteiger partial charge in [0.25, 0.3) is 0 Å². The maximum atomic E-state index is 15.7. The number of hydrogen-bond acceptors (Lipinski definition) is 4. The van der Waals surface area contributed by atoms with Crippen molar-refractivity contribution in [3.63, 3.8) is 0 Å². The minimum atomic E-state index is -0.777. The van der Waals surface area contributed by atoms with E-state index in [1.165, 1.54) is 41.3 Å². The Bertz CT molecular complexity index is 1440. The van der Waals surface area contributed by atoms with E-state index < -0.39 is 11.6 Å². The average Bonchev–Trinajstić information content (AvgIpc) is 3.07. The number of aromatic hydroxyl groups is 1. The standard InChI is InChI=1S/C32H33F3N2O3/c1-20-16-22(33)9-11-25(20)27-7-4-6-21-17-23(38)10-12-26(21)31(27)32-28(34)18-24(19-29(32)35)40-15-14-36-13-5-8-30(39)37(2)3/h5,8-12,16-19,36,38H,4,6-7,13-15H2,1-3H3/b8-5+. The third-order valence-corrected chi connectivity index (χ3v) is 6.82. The van der Waals surface area contributed by atoms with Gasteiger partial charge in [-0.25, -0.2) is 13.2 Å². The quantitative estimate of drug-likeness (QED) is 0.253. The molecule has 0 unspecified atom stereocenters. The monoisotopic (exact) mass is 550 g/mol. The minimum Gasteiger partial charge on any atom is -0.508 e. The summed E-state index contributed by atoms with van der Waals surface area (Å²) in [5.41, 5.74) is 3.74. The number of amides is 1. The number of phenolic OH excluding ortho intramolecular Hbond substituents is 1. The Balaban J connectivity index is 1.64. The van der Waals surface area contributed by atoms with Gasteiger partial charge in [0.05, 0.1) is 5.56 Å². The van der Waals surface area contributed by atoms with Crippen LogP contribution in [0.3, 0.4) is 0 Å². The molecule has 0 aliphatic heterocycles. The number of nitrogens with zero attached hydrogens (tertiary/aromatic N) is 1. The number of ether oxygens (including phenoxy) is 1. The Morgan fingerprint density at radius 1 is 1.02 bits per heavy atom. The topological polar surface area (TPSA) is 61.8 Å². The summed E-state index contributed by atoms with van der Waals surface area (Å²) in [6.45, 7) is 2.79. The van der Waals surface area contributed by atoms with Crippen molar-refractivity contribution in [3.05, 3.63) is 106 Å². The first-order valence-corrected chi connectivity index (χ1v) is 13.2. The summed E-state index contributed by atoms with van der Waals surface area (Å²) in [7, 11) is 3.33. The first kappa shape index (κ1) is 29.0. The highest BCUT2D eigenvalue weighted by molar-refractivity contribution is 6.00. The van der Waals surface area contributed by atoms with Gasteiger partial charge in [0.2, 0.25) is 5.91 Å². The predicted molar refractivity (Wildman–Crippen MR) is 151 cm³/mol. The van der Waals surface area contributed by atoms with Crippen LogP contribution in [0.25, 0.3) is 11.1 Å². The van der Waals surface area contributed by atoms with Gasteiger partial charge in [0.1, 0.15) is 35.6 Å². The third kappa shape index (κ3) is 6.74. The first-order valence-electron chi connectivity index (χ1n) is 13.2. The van der Waals surface area contributed by atoms with Gasteiger partial charge < -0.3 is 20.1 Å². The van der Waals surface area contributed by atoms with Gasteiger partial charge >= 0.3 is 0 Å². The van der Waals surface area contributed by atoms with E-state index in [1.807, 2.05) is 0 Å². The van der Waals surface area contributed by atoms with E-state index >= 15 is 8.78 Å². The summed E-state index contributed by atoms with van der Waals surface area (Å²) in [5, 5.41) is 13.2. The molecule has 0 aromatic heterocycles. The number of nitrogens with one attached hydrogen (secondary N) is 1. The van der Waals surface area contributed by atoms with E-state index in [-0.39, 0.29) is 35.4 Å². The molecule has 0 atom stereocenters. The lowest BCUT2D eigenvalue weighted by molar-refractivity contribution is -0.123. The first-order chi connectivity index (χ1) is 19.2. The van der Waals surface area contributed by atoms with Gasteiger partial charge in [0.15, 0.2) is 0 Å². The molecule has 2 N–H and O–H groups in total. The predicted octanol–water partition coefficient (Wildman–Crippen LogP) is 6.03. The smallest absolute Gasteiger partial charge is 0.245 e. The van der Waals surface area contributed by atoms with Crippen molar-refractivity contribution < 1.29 is 27.8 Å². The van der Waals surface area contributed by atoms with E-state index in [2.05, 4.69) is 5.32 Å². The van der Waals surface area contributed by atoms with Crippen molar-refractivity contribution >= 4 is 17.1 Å². The fourth-order valence-electron chi connectivity index (χ4n) is 4.90. The molecular weight excluding hydrogens is 517 g/mol. The summed E-state index contributed by atoms with van der Waals surface area (Å²) < 4.78 is 51.0. The molecule has 3 aromatic carbocycles. The molecule has 1 aliphatic rings. The van der Waals surface area contributed by atoms with Crippen LogP contribution in [0.2, 0.25) is 0 Å². The van der Waals surface area contributed by atoms with Crippen LogP contribution in [0, 0.1) is 24.4 Å². The van der Waals surface area contributed by atoms with E-state index in [9.17, 15) is 14.3 Å². The second-order valence-electron chi connectivity index (χ2n) is 9.96. The zero-order valence-corrected chi connectivity index (χ0v) is 22.9. The number of carbonyl (C=O) groups is 1. The van der Waals surface area contributed by atoms with Gasteiger partial charge in [-0.2, -0.15) is 0 Å². The highest BCUT2D eigenvalue weighted by atomic mass is 19.1. The summed E-state index contributed by atoms with van der Waals surface area (Å²) in [6, 6.07) is 11.6. The van der Waals surface area contributed by atoms with Gasteiger partial charge in [-0.1, -0.05) is 18.2 Å². The fraction of sp³-hybridized carbons (Fsp3) is 0.281. The van der Waals surface area contributed by atoms with Gasteiger partial charge in [-0.05, 0) is 83.9 Å². The third-order valence-electron chi connectivity index (χ3n) is 6.82. The molecule has 210 valence electrons. The largest absolute Gasteiger partial charge is 0.508 e. The van der Waals surface area contributed by atoms with Crippen LogP contribution in [0.4, 0.5) is 13.2 Å². The molecule has 0 saturated heterocycles. The van der Waals surface area contributed by atoms with Crippen molar-refractivity contribution in [1.29, 1.82) is 0 Å². The molecule has 1 amide bonds. The number of halogens is 3. The molecule has 4 rings (SSSR count). The Kier molecular flexibility index (Phi) is 9.32. The molecule has 5 nitrogen and oxygen atoms in total. The molecule has 3 aromatic rings. The van der Waals surface area contributed by atoms with Crippen LogP contribution in [0.1, 0.15) is 40.7 Å². The summed E-state index contributed by atoms with van der Waals surface area (Å²) in [5.74, 6) is -1.92. The van der Waals surface area contributed by atoms with Crippen LogP contribution >= 0.6 is 0 Å². The molecule has 0 saturated carbocycles. The van der Waals surface area contributed by atoms with Crippen molar-refractivity contribution in [2.24, 2.45) is 0 Å². The number of phenols is 1. The van der Waals surface area contributed by atoms with Crippen LogP contribution in [-0.2, 0) is 11.2 Å². The van der Waals surface area contributed by atoms with Gasteiger partial charge in [0, 0.05) is 45.4 Å². The van der Waals surface area contributed by atoms with Gasteiger partial charge in [-0.3, -0.25) is 4.79 Å². The van der Waals surface area contributed by atoms with E-state index in [0.29, 0.717) is 49.1 Å². The second-order valence-corrected chi connectivity index (χ2v) is 9.96. The van der Waals surface area contributed by atoms with Crippen molar-refractivity contribution in [3.8, 4) is 11.5 Å². The van der Waals surface area contributed by atoms with E-state index in [1.54, 1.807) is 45.3 Å². The molecule has 8 heteroatoms. The Hall–Kier alpha value is -4.04. The van der Waals surface area contributed by atoms with E-state index in [0.717, 1.165) is 16.7 Å². The number of aryl methyl sites for hydroxylation is 2. The number of hydrogen-bond donors (Lipinski definition) is 2. The van der Waals surface area contributed by atoms with Crippen molar-refractivity contribution in [2.45, 2.75) is 26.2 Å². The molecule has 40 heavy (non-hydrogen) atoms. The number of likely N-dealkylation sites (N-methyl/N-ethyl adjacent to an activating group) is 1. The number of fused-ring (bicyclic) bond motifs is 1. The lowest BCUT2D eigenvalue weighted by atomic mass is 9.86. The highest BCUT2D eigenvalue weighted by Gasteiger charge is 2.26. The molecule has 0 fully saturated rings. The SMILES string of the molecule is Cc1cc(F)ccc1C1=C(c2c(F)cc(OCCNC/C=C/C(=O)N(C)C)cc2F)c2ccc(O)cc2CCC1. The number of carbonyl (C=O) groups excluding carboxylic acids is 1. The highest BCUT2D eigenvalue weighted by Crippen LogP contribution is 2.43. The molecule has 0 radical (unpaired) electrons. The summed E-state index contributed by atoms with van der Waals surface area (Å²) in [4.78, 5) is 13.0. The summed E-state index contributed by atoms with van der Waals surface area (Å²) >= 11 is 0. The molecule has 0 bridgehead atoms. The molecule has 0 heterocycles. The fourth-order valence-corrected chi connectivity index (χ4v) is 4.90. The lowest BCUT2D eigenvalue weighted by Crippen LogP contribution is -2.22.